The van der Waals surface area contributed by atoms with Crippen LogP contribution in [0.15, 0.2) is 79.1 Å². The number of amides is 2. The summed E-state index contributed by atoms with van der Waals surface area (Å²) in [7, 11) is 0. The molecule has 1 atom stereocenters. The molecule has 4 rings (SSSR count). The molecule has 1 fully saturated rings. The molecule has 0 radical (unpaired) electrons. The maximum Gasteiger partial charge on any atom is 0.227 e. The molecule has 0 saturated carbocycles. The lowest BCUT2D eigenvalue weighted by Crippen LogP contribution is -2.38. The third-order valence-electron chi connectivity index (χ3n) is 6.21. The normalized spacial score (nSPS) is 16.5. The molecule has 1 aromatic heterocycles. The quantitative estimate of drug-likeness (QED) is 0.551. The highest BCUT2D eigenvalue weighted by Gasteiger charge is 2.32. The first-order valence-electron chi connectivity index (χ1n) is 11.7. The molecule has 33 heavy (non-hydrogen) atoms. The van der Waals surface area contributed by atoms with E-state index in [-0.39, 0.29) is 17.7 Å². The Hall–Kier alpha value is -3.47. The van der Waals surface area contributed by atoms with Gasteiger partial charge in [0.25, 0.3) is 0 Å². The lowest BCUT2D eigenvalue weighted by molar-refractivity contribution is -0.135. The van der Waals surface area contributed by atoms with Crippen LogP contribution < -0.4 is 0 Å². The molecule has 0 N–H and O–H groups in total. The van der Waals surface area contributed by atoms with Gasteiger partial charge in [-0.25, -0.2) is 0 Å². The molecule has 2 amide bonds. The number of benzene rings is 2. The van der Waals surface area contributed by atoms with Crippen molar-refractivity contribution in [2.45, 2.75) is 26.2 Å². The van der Waals surface area contributed by atoms with Gasteiger partial charge in [-0.3, -0.25) is 14.6 Å². The molecule has 2 heterocycles. The lowest BCUT2D eigenvalue weighted by Gasteiger charge is -2.24. The van der Waals surface area contributed by atoms with Gasteiger partial charge in [-0.15, -0.1) is 0 Å². The molecule has 3 aromatic rings. The highest BCUT2D eigenvalue weighted by molar-refractivity contribution is 5.83. The van der Waals surface area contributed by atoms with Crippen LogP contribution in [0.5, 0.6) is 0 Å². The van der Waals surface area contributed by atoms with E-state index in [0.29, 0.717) is 32.5 Å². The number of hydrogen-bond acceptors (Lipinski definition) is 3. The number of rotatable bonds is 7. The molecule has 1 aliphatic heterocycles. The lowest BCUT2D eigenvalue weighted by atomic mass is 9.95. The van der Waals surface area contributed by atoms with Crippen LogP contribution in [-0.2, 0) is 22.4 Å². The van der Waals surface area contributed by atoms with E-state index in [0.717, 1.165) is 29.7 Å². The van der Waals surface area contributed by atoms with Crippen molar-refractivity contribution >= 4 is 11.8 Å². The fourth-order valence-electron chi connectivity index (χ4n) is 4.45. The third-order valence-corrected chi connectivity index (χ3v) is 6.21. The summed E-state index contributed by atoms with van der Waals surface area (Å²) in [6, 6.07) is 22.5. The monoisotopic (exact) mass is 441 g/mol. The second-order valence-corrected chi connectivity index (χ2v) is 8.67. The average Bonchev–Trinajstić information content (AvgIpc) is 3.00. The number of hydrogen-bond donors (Lipinski definition) is 0. The Kier molecular flexibility index (Phi) is 7.51. The van der Waals surface area contributed by atoms with Crippen molar-refractivity contribution in [1.29, 1.82) is 0 Å². The Morgan fingerprint density at radius 3 is 2.39 bits per heavy atom. The molecule has 5 heteroatoms. The second-order valence-electron chi connectivity index (χ2n) is 8.67. The van der Waals surface area contributed by atoms with Gasteiger partial charge in [0, 0.05) is 38.6 Å². The minimum absolute atomic E-state index is 0.0542. The zero-order chi connectivity index (χ0) is 23.0. The van der Waals surface area contributed by atoms with Crippen molar-refractivity contribution in [2.75, 3.05) is 26.2 Å². The highest BCUT2D eigenvalue weighted by atomic mass is 16.2. The van der Waals surface area contributed by atoms with Crippen molar-refractivity contribution in [3.63, 3.8) is 0 Å². The number of carbonyl (C=O) groups excluding carboxylic acids is 2. The summed E-state index contributed by atoms with van der Waals surface area (Å²) >= 11 is 0. The van der Waals surface area contributed by atoms with Crippen LogP contribution in [0.2, 0.25) is 0 Å². The molecule has 5 nitrogen and oxygen atoms in total. The van der Waals surface area contributed by atoms with Crippen molar-refractivity contribution in [2.24, 2.45) is 5.92 Å². The van der Waals surface area contributed by atoms with Crippen LogP contribution in [0.1, 0.15) is 24.5 Å². The van der Waals surface area contributed by atoms with E-state index in [1.807, 2.05) is 40.1 Å². The number of carbonyl (C=O) groups is 2. The molecule has 2 aromatic carbocycles. The van der Waals surface area contributed by atoms with Crippen LogP contribution >= 0.6 is 0 Å². The van der Waals surface area contributed by atoms with Crippen LogP contribution in [0.4, 0.5) is 0 Å². The highest BCUT2D eigenvalue weighted by Crippen LogP contribution is 2.22. The van der Waals surface area contributed by atoms with Gasteiger partial charge in [-0.2, -0.15) is 0 Å². The Morgan fingerprint density at radius 1 is 0.939 bits per heavy atom. The maximum absolute atomic E-state index is 13.3. The van der Waals surface area contributed by atoms with Crippen molar-refractivity contribution in [3.8, 4) is 11.1 Å². The van der Waals surface area contributed by atoms with Crippen LogP contribution in [0, 0.1) is 5.92 Å². The fraction of sp³-hybridized carbons (Fsp3) is 0.321. The topological polar surface area (TPSA) is 53.5 Å². The van der Waals surface area contributed by atoms with Gasteiger partial charge < -0.3 is 9.80 Å². The smallest absolute Gasteiger partial charge is 0.227 e. The summed E-state index contributed by atoms with van der Waals surface area (Å²) in [6.07, 6.45) is 5.29. The minimum atomic E-state index is -0.237. The first kappa shape index (κ1) is 22.7. The predicted molar refractivity (Wildman–Crippen MR) is 130 cm³/mol. The number of nitrogens with zero attached hydrogens (tertiary/aromatic N) is 3. The van der Waals surface area contributed by atoms with E-state index >= 15 is 0 Å². The summed E-state index contributed by atoms with van der Waals surface area (Å²) in [6.45, 7) is 4.44. The Morgan fingerprint density at radius 2 is 1.70 bits per heavy atom. The maximum atomic E-state index is 13.3. The summed E-state index contributed by atoms with van der Waals surface area (Å²) in [5.74, 6) is -0.0290. The van der Waals surface area contributed by atoms with Gasteiger partial charge in [-0.1, -0.05) is 67.6 Å². The molecule has 1 aliphatic rings. The zero-order valence-electron chi connectivity index (χ0n) is 19.2. The Bertz CT molecular complexity index is 1050. The van der Waals surface area contributed by atoms with Gasteiger partial charge in [0.15, 0.2) is 0 Å². The van der Waals surface area contributed by atoms with E-state index in [4.69, 9.17) is 0 Å². The molecular formula is C28H31N3O2. The van der Waals surface area contributed by atoms with Gasteiger partial charge >= 0.3 is 0 Å². The van der Waals surface area contributed by atoms with Gasteiger partial charge in [0.1, 0.15) is 0 Å². The van der Waals surface area contributed by atoms with Crippen molar-refractivity contribution in [1.82, 2.24) is 14.8 Å². The molecule has 0 aliphatic carbocycles. The molecule has 170 valence electrons. The molecule has 0 spiro atoms. The zero-order valence-corrected chi connectivity index (χ0v) is 19.2. The van der Waals surface area contributed by atoms with E-state index in [1.165, 1.54) is 5.56 Å². The SMILES string of the molecule is CCCN1CCN(C(=O)Cc2cccnc2)C[C@H](Cc2ccc(-c3ccccc3)cc2)C1=O. The summed E-state index contributed by atoms with van der Waals surface area (Å²) in [5.41, 5.74) is 4.35. The van der Waals surface area contributed by atoms with Gasteiger partial charge in [-0.05, 0) is 41.2 Å². The average molecular weight is 442 g/mol. The van der Waals surface area contributed by atoms with Gasteiger partial charge in [0.05, 0.1) is 12.3 Å². The molecule has 0 unspecified atom stereocenters. The number of aromatic nitrogens is 1. The molecular weight excluding hydrogens is 410 g/mol. The second kappa shape index (κ2) is 10.9. The van der Waals surface area contributed by atoms with Gasteiger partial charge in [0.2, 0.25) is 11.8 Å². The molecule has 1 saturated heterocycles. The van der Waals surface area contributed by atoms with E-state index in [2.05, 4.69) is 48.3 Å². The van der Waals surface area contributed by atoms with Crippen LogP contribution in [-0.4, -0.2) is 52.8 Å². The first-order valence-corrected chi connectivity index (χ1v) is 11.7. The number of pyridine rings is 1. The van der Waals surface area contributed by atoms with E-state index in [9.17, 15) is 9.59 Å². The Labute approximate surface area is 196 Å². The van der Waals surface area contributed by atoms with Crippen molar-refractivity contribution < 1.29 is 9.59 Å². The minimum Gasteiger partial charge on any atom is -0.341 e. The summed E-state index contributed by atoms with van der Waals surface area (Å²) < 4.78 is 0. The predicted octanol–water partition coefficient (Wildman–Crippen LogP) is 4.23. The Balaban J connectivity index is 1.49. The third kappa shape index (κ3) is 5.86. The summed E-state index contributed by atoms with van der Waals surface area (Å²) in [5, 5.41) is 0. The standard InChI is InChI=1S/C28H31N3O2/c1-2-15-30-16-17-31(27(32)19-23-7-6-14-29-20-23)21-26(28(30)33)18-22-10-12-25(13-11-22)24-8-4-3-5-9-24/h3-14,20,26H,2,15-19,21H2,1H3/t26-/m0/s1. The van der Waals surface area contributed by atoms with E-state index < -0.39 is 0 Å². The summed E-state index contributed by atoms with van der Waals surface area (Å²) in [4.78, 5) is 34.3. The van der Waals surface area contributed by atoms with Crippen molar-refractivity contribution in [3.05, 3.63) is 90.3 Å². The largest absolute Gasteiger partial charge is 0.341 e. The fourth-order valence-corrected chi connectivity index (χ4v) is 4.45. The van der Waals surface area contributed by atoms with Crippen LogP contribution in [0.25, 0.3) is 11.1 Å². The first-order chi connectivity index (χ1) is 16.1. The van der Waals surface area contributed by atoms with E-state index in [1.54, 1.807) is 12.4 Å². The molecule has 0 bridgehead atoms. The van der Waals surface area contributed by atoms with Crippen LogP contribution in [0.3, 0.4) is 0 Å².